The maximum Gasteiger partial charge on any atom is 0.417 e. The Hall–Kier alpha value is -2.05. The Kier molecular flexibility index (Phi) is 3.45. The summed E-state index contributed by atoms with van der Waals surface area (Å²) in [4.78, 5) is 3.70. The number of benzene rings is 1. The van der Waals surface area contributed by atoms with Gasteiger partial charge in [0.15, 0.2) is 0 Å². The number of nitrogens with zero attached hydrogens (tertiary/aromatic N) is 1. The summed E-state index contributed by atoms with van der Waals surface area (Å²) in [6, 6.07) is 6.53. The first-order chi connectivity index (χ1) is 9.19. The molecule has 0 N–H and O–H groups in total. The number of rotatable bonds is 1. The van der Waals surface area contributed by atoms with Gasteiger partial charge in [0.25, 0.3) is 0 Å². The average molecular weight is 290 g/mol. The van der Waals surface area contributed by atoms with Gasteiger partial charge in [0.05, 0.1) is 16.8 Å². The van der Waals surface area contributed by atoms with E-state index in [0.29, 0.717) is 6.07 Å². The molecular weight excluding hydrogens is 284 g/mol. The van der Waals surface area contributed by atoms with Crippen LogP contribution in [0.25, 0.3) is 11.3 Å². The third kappa shape index (κ3) is 2.92. The van der Waals surface area contributed by atoms with Crippen LogP contribution >= 0.6 is 0 Å². The normalized spacial score (nSPS) is 12.5. The van der Waals surface area contributed by atoms with Gasteiger partial charge in [0, 0.05) is 11.8 Å². The molecule has 1 radical (unpaired) electrons. The molecule has 0 fully saturated rings. The molecule has 0 aliphatic heterocycles. The Morgan fingerprint density at radius 2 is 1.65 bits per heavy atom. The van der Waals surface area contributed by atoms with Crippen LogP contribution in [0.4, 0.5) is 26.3 Å². The van der Waals surface area contributed by atoms with Crippen LogP contribution in [-0.2, 0) is 12.4 Å². The first-order valence-electron chi connectivity index (χ1n) is 5.30. The Balaban J connectivity index is 2.65. The van der Waals surface area contributed by atoms with Gasteiger partial charge in [-0.2, -0.15) is 26.3 Å². The van der Waals surface area contributed by atoms with Crippen LogP contribution < -0.4 is 0 Å². The minimum absolute atomic E-state index is 0.0873. The van der Waals surface area contributed by atoms with Gasteiger partial charge in [0.2, 0.25) is 0 Å². The Labute approximate surface area is 109 Å². The molecule has 1 aromatic heterocycles. The van der Waals surface area contributed by atoms with E-state index in [9.17, 15) is 26.3 Å². The average Bonchev–Trinajstić information content (AvgIpc) is 2.37. The monoisotopic (exact) mass is 290 g/mol. The van der Waals surface area contributed by atoms with E-state index in [1.807, 2.05) is 0 Å². The van der Waals surface area contributed by atoms with Crippen molar-refractivity contribution in [2.45, 2.75) is 12.4 Å². The van der Waals surface area contributed by atoms with Gasteiger partial charge in [-0.1, -0.05) is 6.07 Å². The summed E-state index contributed by atoms with van der Waals surface area (Å²) >= 11 is 0. The molecule has 2 rings (SSSR count). The first-order valence-corrected chi connectivity index (χ1v) is 5.30. The van der Waals surface area contributed by atoms with Crippen LogP contribution in [0, 0.1) is 6.07 Å². The molecule has 7 heteroatoms. The summed E-state index contributed by atoms with van der Waals surface area (Å²) in [5.41, 5.74) is -3.23. The quantitative estimate of drug-likeness (QED) is 0.700. The highest BCUT2D eigenvalue weighted by molar-refractivity contribution is 5.65. The lowest BCUT2D eigenvalue weighted by molar-refractivity contribution is -0.142. The highest BCUT2D eigenvalue weighted by atomic mass is 19.4. The molecular formula is C13H6F6N. The van der Waals surface area contributed by atoms with Crippen molar-refractivity contribution in [3.8, 4) is 11.3 Å². The van der Waals surface area contributed by atoms with Crippen molar-refractivity contribution in [1.29, 1.82) is 0 Å². The molecule has 105 valence electrons. The fourth-order valence-electron chi connectivity index (χ4n) is 1.65. The standard InChI is InChI=1S/C13H6F6N/c14-12(15,16)8-4-5-9(10(7-8)13(17,18)19)11-3-1-2-6-20-11/h2-7H. The zero-order valence-electron chi connectivity index (χ0n) is 9.68. The lowest BCUT2D eigenvalue weighted by atomic mass is 10.00. The van der Waals surface area contributed by atoms with Crippen LogP contribution in [0.3, 0.4) is 0 Å². The zero-order chi connectivity index (χ0) is 15.0. The fraction of sp³-hybridized carbons (Fsp3) is 0.154. The van der Waals surface area contributed by atoms with E-state index in [1.54, 1.807) is 0 Å². The van der Waals surface area contributed by atoms with Crippen molar-refractivity contribution >= 4 is 0 Å². The summed E-state index contributed by atoms with van der Waals surface area (Å²) in [5, 5.41) is 0. The number of hydrogen-bond donors (Lipinski definition) is 0. The van der Waals surface area contributed by atoms with Gasteiger partial charge < -0.3 is 0 Å². The van der Waals surface area contributed by atoms with E-state index < -0.39 is 29.0 Å². The minimum Gasteiger partial charge on any atom is -0.256 e. The molecule has 0 aliphatic carbocycles. The predicted octanol–water partition coefficient (Wildman–Crippen LogP) is 4.59. The van der Waals surface area contributed by atoms with Crippen molar-refractivity contribution < 1.29 is 26.3 Å². The second kappa shape index (κ2) is 4.81. The summed E-state index contributed by atoms with van der Waals surface area (Å²) in [6.07, 6.45) is -8.53. The third-order valence-corrected chi connectivity index (χ3v) is 2.53. The summed E-state index contributed by atoms with van der Waals surface area (Å²) in [6.45, 7) is 0. The molecule has 0 unspecified atom stereocenters. The van der Waals surface area contributed by atoms with Gasteiger partial charge in [0.1, 0.15) is 0 Å². The van der Waals surface area contributed by atoms with Gasteiger partial charge in [-0.25, -0.2) is 0 Å². The Morgan fingerprint density at radius 1 is 0.950 bits per heavy atom. The molecule has 0 amide bonds. The maximum atomic E-state index is 12.9. The van der Waals surface area contributed by atoms with Crippen LogP contribution in [-0.4, -0.2) is 4.98 Å². The molecule has 1 nitrogen and oxygen atoms in total. The van der Waals surface area contributed by atoms with Crippen LogP contribution in [0.1, 0.15) is 11.1 Å². The lowest BCUT2D eigenvalue weighted by Gasteiger charge is -2.15. The highest BCUT2D eigenvalue weighted by Crippen LogP contribution is 2.40. The van der Waals surface area contributed by atoms with Crippen molar-refractivity contribution in [2.75, 3.05) is 0 Å². The molecule has 2 aromatic rings. The van der Waals surface area contributed by atoms with Crippen LogP contribution in [0.5, 0.6) is 0 Å². The number of alkyl halides is 6. The number of aromatic nitrogens is 1. The summed E-state index contributed by atoms with van der Waals surface area (Å²) in [5.74, 6) is 0. The molecule has 0 atom stereocenters. The van der Waals surface area contributed by atoms with E-state index in [0.717, 1.165) is 6.07 Å². The summed E-state index contributed by atoms with van der Waals surface area (Å²) < 4.78 is 76.2. The molecule has 0 spiro atoms. The number of hydrogen-bond acceptors (Lipinski definition) is 1. The van der Waals surface area contributed by atoms with Crippen LogP contribution in [0.15, 0.2) is 36.5 Å². The van der Waals surface area contributed by atoms with Crippen molar-refractivity contribution in [3.05, 3.63) is 53.7 Å². The molecule has 0 aliphatic rings. The molecule has 0 saturated carbocycles. The van der Waals surface area contributed by atoms with E-state index in [1.165, 1.54) is 18.3 Å². The van der Waals surface area contributed by atoms with E-state index in [2.05, 4.69) is 11.1 Å². The second-order valence-corrected chi connectivity index (χ2v) is 3.90. The third-order valence-electron chi connectivity index (χ3n) is 2.53. The van der Waals surface area contributed by atoms with Crippen molar-refractivity contribution in [2.24, 2.45) is 0 Å². The van der Waals surface area contributed by atoms with Crippen molar-refractivity contribution in [3.63, 3.8) is 0 Å². The van der Waals surface area contributed by atoms with E-state index in [4.69, 9.17) is 0 Å². The van der Waals surface area contributed by atoms with E-state index in [-0.39, 0.29) is 11.8 Å². The largest absolute Gasteiger partial charge is 0.417 e. The first kappa shape index (κ1) is 14.4. The highest BCUT2D eigenvalue weighted by Gasteiger charge is 2.38. The van der Waals surface area contributed by atoms with E-state index >= 15 is 0 Å². The molecule has 0 bridgehead atoms. The minimum atomic E-state index is -4.91. The fourth-order valence-corrected chi connectivity index (χ4v) is 1.65. The van der Waals surface area contributed by atoms with Gasteiger partial charge in [-0.05, 0) is 30.3 Å². The maximum absolute atomic E-state index is 12.9. The topological polar surface area (TPSA) is 12.9 Å². The summed E-state index contributed by atoms with van der Waals surface area (Å²) in [7, 11) is 0. The van der Waals surface area contributed by atoms with Crippen molar-refractivity contribution in [1.82, 2.24) is 4.98 Å². The Bertz CT molecular complexity index is 600. The van der Waals surface area contributed by atoms with Gasteiger partial charge in [-0.15, -0.1) is 0 Å². The van der Waals surface area contributed by atoms with Gasteiger partial charge >= 0.3 is 12.4 Å². The molecule has 20 heavy (non-hydrogen) atoms. The lowest BCUT2D eigenvalue weighted by Crippen LogP contribution is -2.12. The molecule has 0 saturated heterocycles. The predicted molar refractivity (Wildman–Crippen MR) is 58.5 cm³/mol. The second-order valence-electron chi connectivity index (χ2n) is 3.90. The SMILES string of the molecule is FC(F)(F)c1ccc(-c2c[c]ccn2)c(C(F)(F)F)c1. The van der Waals surface area contributed by atoms with Crippen LogP contribution in [0.2, 0.25) is 0 Å². The van der Waals surface area contributed by atoms with Gasteiger partial charge in [-0.3, -0.25) is 4.98 Å². The molecule has 1 aromatic carbocycles. The molecule has 1 heterocycles. The zero-order valence-corrected chi connectivity index (χ0v) is 9.68. The Morgan fingerprint density at radius 3 is 2.15 bits per heavy atom. The smallest absolute Gasteiger partial charge is 0.256 e. The number of pyridine rings is 1. The number of halogens is 6.